The average molecular weight is 585 g/mol. The number of amides is 2. The molecule has 0 spiro atoms. The summed E-state index contributed by atoms with van der Waals surface area (Å²) in [6, 6.07) is 18.1. The first kappa shape index (κ1) is 32.1. The van der Waals surface area contributed by atoms with Crippen molar-refractivity contribution in [3.8, 4) is 0 Å². The van der Waals surface area contributed by atoms with Gasteiger partial charge in [-0.2, -0.15) is 0 Å². The first-order valence-electron chi connectivity index (χ1n) is 14.2. The maximum atomic E-state index is 13.4. The molecule has 8 heteroatoms. The molecule has 220 valence electrons. The van der Waals surface area contributed by atoms with Gasteiger partial charge in [-0.1, -0.05) is 82.0 Å². The van der Waals surface area contributed by atoms with Crippen LogP contribution in [0.5, 0.6) is 0 Å². The number of carbonyl (C=O) groups excluding carboxylic acids is 2. The van der Waals surface area contributed by atoms with E-state index in [0.717, 1.165) is 42.4 Å². The van der Waals surface area contributed by atoms with Crippen LogP contribution in [0.15, 0.2) is 66.7 Å². The molecule has 3 aromatic carbocycles. The first-order valence-corrected chi connectivity index (χ1v) is 14.6. The van der Waals surface area contributed by atoms with Crippen molar-refractivity contribution in [3.63, 3.8) is 0 Å². The predicted molar refractivity (Wildman–Crippen MR) is 160 cm³/mol. The molecule has 3 aromatic rings. The van der Waals surface area contributed by atoms with E-state index in [1.54, 1.807) is 30.1 Å². The molecule has 2 amide bonds. The molecule has 0 fully saturated rings. The Bertz CT molecular complexity index is 1310. The highest BCUT2D eigenvalue weighted by Gasteiger charge is 2.40. The van der Waals surface area contributed by atoms with Crippen molar-refractivity contribution in [3.05, 3.63) is 100 Å². The van der Waals surface area contributed by atoms with Crippen LogP contribution in [0.1, 0.15) is 81.9 Å². The number of hydrogen-bond acceptors (Lipinski definition) is 3. The van der Waals surface area contributed by atoms with E-state index < -0.39 is 11.7 Å². The Labute approximate surface area is 246 Å². The quantitative estimate of drug-likeness (QED) is 0.258. The SMILES string of the molecule is CCCC(C(=O)N(C)Cc1ccccc1Cl)c1ccc(F)cc1.CCCC1(CCC)OC(=O)Nc2ccc(F)cc21. The number of likely N-dealkylation sites (N-methyl/N-ethyl adjacent to an activating group) is 1. The number of fused-ring (bicyclic) bond motifs is 1. The Balaban J connectivity index is 0.000000232. The molecule has 41 heavy (non-hydrogen) atoms. The summed E-state index contributed by atoms with van der Waals surface area (Å²) in [4.78, 5) is 26.2. The van der Waals surface area contributed by atoms with Gasteiger partial charge in [-0.25, -0.2) is 13.6 Å². The molecule has 0 bridgehead atoms. The number of halogens is 3. The molecule has 1 N–H and O–H groups in total. The maximum Gasteiger partial charge on any atom is 0.412 e. The number of anilines is 1. The van der Waals surface area contributed by atoms with Gasteiger partial charge in [-0.05, 0) is 66.8 Å². The summed E-state index contributed by atoms with van der Waals surface area (Å²) < 4.78 is 32.1. The summed E-state index contributed by atoms with van der Waals surface area (Å²) >= 11 is 6.17. The van der Waals surface area contributed by atoms with Gasteiger partial charge in [-0.15, -0.1) is 0 Å². The van der Waals surface area contributed by atoms with E-state index in [1.807, 2.05) is 45.0 Å². The zero-order chi connectivity index (χ0) is 30.0. The van der Waals surface area contributed by atoms with Gasteiger partial charge in [0.1, 0.15) is 17.2 Å². The molecule has 0 aromatic heterocycles. The van der Waals surface area contributed by atoms with Crippen molar-refractivity contribution in [1.29, 1.82) is 0 Å². The van der Waals surface area contributed by atoms with Crippen LogP contribution in [0.4, 0.5) is 19.3 Å². The Morgan fingerprint density at radius 1 is 0.951 bits per heavy atom. The summed E-state index contributed by atoms with van der Waals surface area (Å²) in [6.45, 7) is 6.57. The van der Waals surface area contributed by atoms with Crippen LogP contribution in [0.3, 0.4) is 0 Å². The van der Waals surface area contributed by atoms with Crippen molar-refractivity contribution in [2.45, 2.75) is 77.4 Å². The van der Waals surface area contributed by atoms with Gasteiger partial charge in [0.15, 0.2) is 0 Å². The number of benzene rings is 3. The third-order valence-corrected chi connectivity index (χ3v) is 7.56. The molecule has 1 aliphatic rings. The maximum absolute atomic E-state index is 13.4. The second-order valence-corrected chi connectivity index (χ2v) is 10.8. The zero-order valence-corrected chi connectivity index (χ0v) is 24.9. The lowest BCUT2D eigenvalue weighted by atomic mass is 9.83. The van der Waals surface area contributed by atoms with Gasteiger partial charge in [0.2, 0.25) is 5.91 Å². The predicted octanol–water partition coefficient (Wildman–Crippen LogP) is 9.20. The van der Waals surface area contributed by atoms with Gasteiger partial charge in [-0.3, -0.25) is 10.1 Å². The van der Waals surface area contributed by atoms with Gasteiger partial charge < -0.3 is 9.64 Å². The lowest BCUT2D eigenvalue weighted by Gasteiger charge is -2.38. The normalized spacial score (nSPS) is 14.1. The molecule has 0 aliphatic carbocycles. The van der Waals surface area contributed by atoms with Crippen LogP contribution < -0.4 is 5.32 Å². The number of hydrogen-bond donors (Lipinski definition) is 1. The molecule has 4 rings (SSSR count). The highest BCUT2D eigenvalue weighted by atomic mass is 35.5. The molecule has 1 unspecified atom stereocenters. The smallest absolute Gasteiger partial charge is 0.412 e. The van der Waals surface area contributed by atoms with E-state index in [9.17, 15) is 18.4 Å². The Morgan fingerprint density at radius 3 is 2.20 bits per heavy atom. The minimum Gasteiger partial charge on any atom is -0.438 e. The highest BCUT2D eigenvalue weighted by molar-refractivity contribution is 6.31. The van der Waals surface area contributed by atoms with Crippen LogP contribution in [-0.2, 0) is 21.7 Å². The summed E-state index contributed by atoms with van der Waals surface area (Å²) in [5, 5.41) is 3.28. The highest BCUT2D eigenvalue weighted by Crippen LogP contribution is 2.43. The summed E-state index contributed by atoms with van der Waals surface area (Å²) in [7, 11) is 1.78. The standard InChI is InChI=1S/C19H21ClFNO.C14H18FNO2/c1-3-6-17(14-9-11-16(21)12-10-14)19(23)22(2)13-15-7-4-5-8-18(15)20;1-3-7-14(8-4-2)11-9-10(15)5-6-12(11)16-13(17)18-14/h4-5,7-12,17H,3,6,13H2,1-2H3;5-6,9H,3-4,7-8H2,1-2H3,(H,16,17). The Kier molecular flexibility index (Phi) is 11.7. The average Bonchev–Trinajstić information content (AvgIpc) is 2.94. The minimum atomic E-state index is -0.677. The van der Waals surface area contributed by atoms with Gasteiger partial charge in [0.05, 0.1) is 11.6 Å². The van der Waals surface area contributed by atoms with Crippen LogP contribution in [0.25, 0.3) is 0 Å². The van der Waals surface area contributed by atoms with E-state index in [4.69, 9.17) is 16.3 Å². The Hall–Kier alpha value is -3.45. The second-order valence-electron chi connectivity index (χ2n) is 10.4. The van der Waals surface area contributed by atoms with Crippen molar-refractivity contribution in [1.82, 2.24) is 4.90 Å². The van der Waals surface area contributed by atoms with Crippen molar-refractivity contribution < 1.29 is 23.1 Å². The van der Waals surface area contributed by atoms with Gasteiger partial charge in [0.25, 0.3) is 0 Å². The van der Waals surface area contributed by atoms with Crippen molar-refractivity contribution in [2.24, 2.45) is 0 Å². The summed E-state index contributed by atoms with van der Waals surface area (Å²) in [5.74, 6) is -0.822. The van der Waals surface area contributed by atoms with Crippen LogP contribution in [0, 0.1) is 11.6 Å². The number of ether oxygens (including phenoxy) is 1. The lowest BCUT2D eigenvalue weighted by Crippen LogP contribution is -2.39. The molecule has 5 nitrogen and oxygen atoms in total. The lowest BCUT2D eigenvalue weighted by molar-refractivity contribution is -0.132. The number of carbonyl (C=O) groups is 2. The van der Waals surface area contributed by atoms with Crippen LogP contribution >= 0.6 is 11.6 Å². The number of rotatable bonds is 10. The van der Waals surface area contributed by atoms with E-state index in [2.05, 4.69) is 5.32 Å². The van der Waals surface area contributed by atoms with Crippen molar-refractivity contribution in [2.75, 3.05) is 12.4 Å². The summed E-state index contributed by atoms with van der Waals surface area (Å²) in [6.07, 6.45) is 4.35. The minimum absolute atomic E-state index is 0.0263. The summed E-state index contributed by atoms with van der Waals surface area (Å²) in [5.41, 5.74) is 2.51. The Morgan fingerprint density at radius 2 is 1.59 bits per heavy atom. The van der Waals surface area contributed by atoms with E-state index in [0.29, 0.717) is 30.1 Å². The van der Waals surface area contributed by atoms with E-state index >= 15 is 0 Å². The van der Waals surface area contributed by atoms with Crippen LogP contribution in [-0.4, -0.2) is 23.9 Å². The molecule has 0 saturated heterocycles. The molecular formula is C33H39ClF2N2O3. The topological polar surface area (TPSA) is 58.6 Å². The largest absolute Gasteiger partial charge is 0.438 e. The number of cyclic esters (lactones) is 1. The number of nitrogens with one attached hydrogen (secondary N) is 1. The van der Waals surface area contributed by atoms with E-state index in [-0.39, 0.29) is 23.5 Å². The second kappa shape index (κ2) is 15.0. The van der Waals surface area contributed by atoms with Gasteiger partial charge >= 0.3 is 6.09 Å². The van der Waals surface area contributed by atoms with Gasteiger partial charge in [0, 0.05) is 24.2 Å². The fraction of sp³-hybridized carbons (Fsp3) is 0.394. The first-order chi connectivity index (χ1) is 19.6. The third-order valence-electron chi connectivity index (χ3n) is 7.19. The van der Waals surface area contributed by atoms with Crippen molar-refractivity contribution >= 4 is 29.3 Å². The number of nitrogens with zero attached hydrogens (tertiary/aromatic N) is 1. The molecule has 1 aliphatic heterocycles. The molecule has 0 radical (unpaired) electrons. The molecular weight excluding hydrogens is 546 g/mol. The fourth-order valence-corrected chi connectivity index (χ4v) is 5.51. The molecule has 1 heterocycles. The van der Waals surface area contributed by atoms with Crippen LogP contribution in [0.2, 0.25) is 5.02 Å². The zero-order valence-electron chi connectivity index (χ0n) is 24.2. The fourth-order valence-electron chi connectivity index (χ4n) is 5.32. The van der Waals surface area contributed by atoms with E-state index in [1.165, 1.54) is 24.3 Å². The molecule has 0 saturated carbocycles. The monoisotopic (exact) mass is 584 g/mol. The third kappa shape index (κ3) is 8.29. The molecule has 1 atom stereocenters.